The molecule has 5 aliphatic rings. The van der Waals surface area contributed by atoms with Crippen molar-refractivity contribution in [3.63, 3.8) is 0 Å². The van der Waals surface area contributed by atoms with Gasteiger partial charge >= 0.3 is 12.0 Å². The molecule has 0 aromatic rings. The summed E-state index contributed by atoms with van der Waals surface area (Å²) >= 11 is 0. The lowest BCUT2D eigenvalue weighted by atomic mass is 9.43. The lowest BCUT2D eigenvalue weighted by Crippen LogP contribution is -2.63. The third-order valence-corrected chi connectivity index (χ3v) is 10.7. The van der Waals surface area contributed by atoms with E-state index in [0.717, 1.165) is 63.4 Å². The molecule has 184 valence electrons. The minimum Gasteiger partial charge on any atom is -0.458 e. The first-order chi connectivity index (χ1) is 15.7. The van der Waals surface area contributed by atoms with Crippen LogP contribution in [0.1, 0.15) is 71.6 Å². The van der Waals surface area contributed by atoms with E-state index in [-0.39, 0.29) is 34.8 Å². The van der Waals surface area contributed by atoms with Crippen molar-refractivity contribution in [2.45, 2.75) is 83.3 Å². The third kappa shape index (κ3) is 3.53. The number of hydrogen-bond donors (Lipinski definition) is 4. The number of urea groups is 1. The number of rotatable bonds is 4. The molecule has 4 saturated carbocycles. The number of carbonyl (C=O) groups excluding carboxylic acids is 2. The number of cyclic esters (lactones) is 1. The number of nitrogens with two attached hydrogens (primary N) is 1. The van der Waals surface area contributed by atoms with E-state index in [2.05, 4.69) is 24.5 Å². The van der Waals surface area contributed by atoms with Crippen LogP contribution in [0, 0.1) is 34.5 Å². The molecular formula is C26H41N3O4. The molecule has 0 bridgehead atoms. The first kappa shape index (κ1) is 23.2. The van der Waals surface area contributed by atoms with Gasteiger partial charge in [0.2, 0.25) is 0 Å². The van der Waals surface area contributed by atoms with E-state index < -0.39 is 5.60 Å². The largest absolute Gasteiger partial charge is 0.458 e. The number of amides is 2. The van der Waals surface area contributed by atoms with Crippen molar-refractivity contribution in [1.82, 2.24) is 10.6 Å². The first-order valence-corrected chi connectivity index (χ1v) is 13.1. The molecule has 0 aromatic carbocycles. The second-order valence-corrected chi connectivity index (χ2v) is 12.0. The summed E-state index contributed by atoms with van der Waals surface area (Å²) in [5, 5.41) is 18.3. The summed E-state index contributed by atoms with van der Waals surface area (Å²) in [6.45, 7) is 6.09. The Labute approximate surface area is 197 Å². The lowest BCUT2D eigenvalue weighted by Gasteiger charge is -2.63. The van der Waals surface area contributed by atoms with Gasteiger partial charge in [-0.2, -0.15) is 0 Å². The minimum absolute atomic E-state index is 0.105. The molecule has 5 rings (SSSR count). The van der Waals surface area contributed by atoms with Gasteiger partial charge in [-0.1, -0.05) is 13.8 Å². The van der Waals surface area contributed by atoms with E-state index in [4.69, 9.17) is 10.5 Å². The molecule has 7 heteroatoms. The zero-order valence-corrected chi connectivity index (χ0v) is 20.2. The summed E-state index contributed by atoms with van der Waals surface area (Å²) < 4.78 is 5.23. The van der Waals surface area contributed by atoms with Crippen LogP contribution in [0.3, 0.4) is 0 Å². The first-order valence-electron chi connectivity index (χ1n) is 13.1. The summed E-state index contributed by atoms with van der Waals surface area (Å²) in [6, 6.07) is 0.114. The van der Waals surface area contributed by atoms with E-state index in [1.165, 1.54) is 0 Å². The summed E-state index contributed by atoms with van der Waals surface area (Å²) in [5.74, 6) is 1.44. The normalized spacial score (nSPS) is 46.5. The lowest BCUT2D eigenvalue weighted by molar-refractivity contribution is -0.204. The van der Waals surface area contributed by atoms with Gasteiger partial charge in [-0.25, -0.2) is 9.59 Å². The summed E-state index contributed by atoms with van der Waals surface area (Å²) in [7, 11) is 0. The molecule has 0 aromatic heterocycles. The molecule has 4 fully saturated rings. The maximum atomic E-state index is 12.3. The fraction of sp³-hybridized carbons (Fsp3) is 0.846. The summed E-state index contributed by atoms with van der Waals surface area (Å²) in [5.41, 5.74) is 5.96. The van der Waals surface area contributed by atoms with Crippen LogP contribution in [-0.4, -0.2) is 48.4 Å². The number of aliphatic hydroxyl groups is 1. The molecule has 7 nitrogen and oxygen atoms in total. The smallest absolute Gasteiger partial charge is 0.331 e. The van der Waals surface area contributed by atoms with Crippen molar-refractivity contribution in [3.05, 3.63) is 11.6 Å². The van der Waals surface area contributed by atoms with Crippen LogP contribution in [0.5, 0.6) is 0 Å². The molecule has 0 spiro atoms. The number of esters is 1. The second kappa shape index (κ2) is 8.26. The Kier molecular flexibility index (Phi) is 5.80. The average Bonchev–Trinajstić information content (AvgIpc) is 3.32. The molecule has 33 heavy (non-hydrogen) atoms. The highest BCUT2D eigenvalue weighted by molar-refractivity contribution is 5.85. The molecule has 0 unspecified atom stereocenters. The van der Waals surface area contributed by atoms with Crippen LogP contribution >= 0.6 is 0 Å². The van der Waals surface area contributed by atoms with E-state index >= 15 is 0 Å². The van der Waals surface area contributed by atoms with Crippen molar-refractivity contribution in [2.75, 3.05) is 19.7 Å². The molecule has 0 saturated heterocycles. The predicted octanol–water partition coefficient (Wildman–Crippen LogP) is 2.87. The van der Waals surface area contributed by atoms with Gasteiger partial charge in [0, 0.05) is 30.6 Å². The Morgan fingerprint density at radius 2 is 1.97 bits per heavy atom. The van der Waals surface area contributed by atoms with Crippen LogP contribution < -0.4 is 16.4 Å². The molecule has 0 radical (unpaired) electrons. The van der Waals surface area contributed by atoms with Gasteiger partial charge in [-0.15, -0.1) is 0 Å². The van der Waals surface area contributed by atoms with Gasteiger partial charge < -0.3 is 26.2 Å². The van der Waals surface area contributed by atoms with E-state index in [0.29, 0.717) is 37.5 Å². The summed E-state index contributed by atoms with van der Waals surface area (Å²) in [6.07, 6.45) is 10.9. The quantitative estimate of drug-likeness (QED) is 0.483. The molecule has 2 amide bonds. The van der Waals surface area contributed by atoms with Crippen LogP contribution in [0.15, 0.2) is 11.6 Å². The van der Waals surface area contributed by atoms with Crippen molar-refractivity contribution in [2.24, 2.45) is 40.2 Å². The Balaban J connectivity index is 1.31. The number of fused-ring (bicyclic) bond motifs is 5. The Hall–Kier alpha value is -1.60. The molecule has 5 N–H and O–H groups in total. The molecular weight excluding hydrogens is 418 g/mol. The van der Waals surface area contributed by atoms with Crippen LogP contribution in [0.4, 0.5) is 4.79 Å². The second-order valence-electron chi connectivity index (χ2n) is 12.0. The highest BCUT2D eigenvalue weighted by atomic mass is 16.5. The number of nitrogens with one attached hydrogen (secondary N) is 2. The monoisotopic (exact) mass is 459 g/mol. The fourth-order valence-corrected chi connectivity index (χ4v) is 8.96. The molecule has 4 aliphatic carbocycles. The van der Waals surface area contributed by atoms with Crippen molar-refractivity contribution in [1.29, 1.82) is 0 Å². The van der Waals surface area contributed by atoms with Gasteiger partial charge in [0.25, 0.3) is 0 Å². The van der Waals surface area contributed by atoms with Crippen molar-refractivity contribution >= 4 is 12.0 Å². The SMILES string of the molecule is C[C@]12CC[C@H](NC(=O)NCCN)C[C@H]1CC[C@@H]1[C@@H]2CC[C@]2(C)[C@@H](C3=CC(=O)OC3)CC[C@]12O. The van der Waals surface area contributed by atoms with Gasteiger partial charge in [-0.05, 0) is 92.4 Å². The Bertz CT molecular complexity index is 845. The molecule has 1 aliphatic heterocycles. The maximum absolute atomic E-state index is 12.3. The van der Waals surface area contributed by atoms with Gasteiger partial charge in [0.15, 0.2) is 0 Å². The maximum Gasteiger partial charge on any atom is 0.331 e. The number of hydrogen-bond acceptors (Lipinski definition) is 5. The Morgan fingerprint density at radius 3 is 2.70 bits per heavy atom. The standard InChI is InChI=1S/C26H41N3O4/c1-24-8-5-18(29-23(31)28-12-11-27)14-17(24)3-4-21-20(24)6-9-25(2)19(7-10-26(21,25)32)16-13-22(30)33-15-16/h13,17-21,32H,3-12,14-15,27H2,1-2H3,(H2,28,29,31)/t17-,18+,19-,20+,21-,24+,25-,26+/m1/s1. The van der Waals surface area contributed by atoms with Crippen LogP contribution in [0.25, 0.3) is 0 Å². The van der Waals surface area contributed by atoms with Gasteiger partial charge in [0.1, 0.15) is 6.61 Å². The fourth-order valence-electron chi connectivity index (χ4n) is 8.96. The minimum atomic E-state index is -0.668. The zero-order chi connectivity index (χ0) is 23.4. The van der Waals surface area contributed by atoms with E-state index in [1.807, 2.05) is 0 Å². The predicted molar refractivity (Wildman–Crippen MR) is 125 cm³/mol. The van der Waals surface area contributed by atoms with Crippen molar-refractivity contribution in [3.8, 4) is 0 Å². The zero-order valence-electron chi connectivity index (χ0n) is 20.2. The molecule has 1 heterocycles. The number of carbonyl (C=O) groups is 2. The van der Waals surface area contributed by atoms with E-state index in [9.17, 15) is 14.7 Å². The Morgan fingerprint density at radius 1 is 1.15 bits per heavy atom. The van der Waals surface area contributed by atoms with E-state index in [1.54, 1.807) is 6.08 Å². The average molecular weight is 460 g/mol. The topological polar surface area (TPSA) is 114 Å². The van der Waals surface area contributed by atoms with Gasteiger partial charge in [0.05, 0.1) is 5.60 Å². The van der Waals surface area contributed by atoms with Crippen LogP contribution in [0.2, 0.25) is 0 Å². The highest BCUT2D eigenvalue weighted by Gasteiger charge is 2.67. The number of ether oxygens (including phenoxy) is 1. The van der Waals surface area contributed by atoms with Crippen LogP contribution in [-0.2, 0) is 9.53 Å². The summed E-state index contributed by atoms with van der Waals surface area (Å²) in [4.78, 5) is 23.9. The van der Waals surface area contributed by atoms with Gasteiger partial charge in [-0.3, -0.25) is 0 Å². The highest BCUT2D eigenvalue weighted by Crippen LogP contribution is 2.69. The van der Waals surface area contributed by atoms with Crippen molar-refractivity contribution < 1.29 is 19.4 Å². The molecule has 8 atom stereocenters. The third-order valence-electron chi connectivity index (χ3n) is 10.7.